The van der Waals surface area contributed by atoms with Crippen LogP contribution in [0.1, 0.15) is 48.3 Å². The second kappa shape index (κ2) is 9.07. The largest absolute Gasteiger partial charge is 0.493 e. The Labute approximate surface area is 199 Å². The lowest BCUT2D eigenvalue weighted by atomic mass is 9.85. The zero-order valence-electron chi connectivity index (χ0n) is 19.9. The van der Waals surface area contributed by atoms with Crippen molar-refractivity contribution in [1.82, 2.24) is 4.98 Å². The topological polar surface area (TPSA) is 68.7 Å². The zero-order chi connectivity index (χ0) is 23.8. The SMILES string of the molecule is CCCCOC(C(=O)O)c1c(C)cc2nc(C)ccc2c1-c1ccc2c3c(cccc13)CCO2. The van der Waals surface area contributed by atoms with E-state index in [4.69, 9.17) is 14.5 Å². The first-order valence-electron chi connectivity index (χ1n) is 11.9. The van der Waals surface area contributed by atoms with E-state index in [-0.39, 0.29) is 0 Å². The van der Waals surface area contributed by atoms with Crippen molar-refractivity contribution in [2.75, 3.05) is 13.2 Å². The van der Waals surface area contributed by atoms with Crippen molar-refractivity contribution in [1.29, 1.82) is 0 Å². The van der Waals surface area contributed by atoms with Gasteiger partial charge in [0.25, 0.3) is 0 Å². The first-order valence-corrected chi connectivity index (χ1v) is 11.9. The van der Waals surface area contributed by atoms with Gasteiger partial charge in [0.15, 0.2) is 6.10 Å². The molecule has 1 aliphatic rings. The van der Waals surface area contributed by atoms with Gasteiger partial charge in [0.2, 0.25) is 0 Å². The number of carbonyl (C=O) groups is 1. The number of aryl methyl sites for hydroxylation is 2. The van der Waals surface area contributed by atoms with Gasteiger partial charge in [-0.25, -0.2) is 4.79 Å². The monoisotopic (exact) mass is 455 g/mol. The molecule has 0 saturated carbocycles. The number of ether oxygens (including phenoxy) is 2. The highest BCUT2D eigenvalue weighted by molar-refractivity contribution is 6.09. The Morgan fingerprint density at radius 2 is 2.00 bits per heavy atom. The summed E-state index contributed by atoms with van der Waals surface area (Å²) in [5.41, 5.74) is 6.43. The first-order chi connectivity index (χ1) is 16.5. The van der Waals surface area contributed by atoms with Crippen LogP contribution >= 0.6 is 0 Å². The third-order valence-corrected chi connectivity index (χ3v) is 6.64. The second-order valence-corrected chi connectivity index (χ2v) is 8.99. The Kier molecular flexibility index (Phi) is 5.96. The fraction of sp³-hybridized carbons (Fsp3) is 0.310. The first kappa shape index (κ1) is 22.4. The Hall–Kier alpha value is -3.44. The number of benzene rings is 3. The highest BCUT2D eigenvalue weighted by Gasteiger charge is 2.29. The molecule has 5 nitrogen and oxygen atoms in total. The summed E-state index contributed by atoms with van der Waals surface area (Å²) >= 11 is 0. The Bertz CT molecular complexity index is 1400. The zero-order valence-corrected chi connectivity index (χ0v) is 19.9. The molecule has 0 amide bonds. The Morgan fingerprint density at radius 1 is 1.15 bits per heavy atom. The fourth-order valence-corrected chi connectivity index (χ4v) is 5.04. The van der Waals surface area contributed by atoms with Crippen LogP contribution in [0.15, 0.2) is 48.5 Å². The van der Waals surface area contributed by atoms with Crippen LogP contribution in [0.3, 0.4) is 0 Å². The minimum atomic E-state index is -1.06. The lowest BCUT2D eigenvalue weighted by Gasteiger charge is -2.25. The van der Waals surface area contributed by atoms with Crippen LogP contribution in [0.25, 0.3) is 32.8 Å². The van der Waals surface area contributed by atoms with Crippen molar-refractivity contribution in [3.63, 3.8) is 0 Å². The van der Waals surface area contributed by atoms with Crippen molar-refractivity contribution in [3.05, 3.63) is 70.9 Å². The van der Waals surface area contributed by atoms with E-state index in [1.807, 2.05) is 38.1 Å². The quantitative estimate of drug-likeness (QED) is 0.320. The van der Waals surface area contributed by atoms with Crippen molar-refractivity contribution in [3.8, 4) is 16.9 Å². The van der Waals surface area contributed by atoms with Crippen LogP contribution in [-0.4, -0.2) is 29.3 Å². The molecule has 4 aromatic rings. The van der Waals surface area contributed by atoms with Gasteiger partial charge < -0.3 is 14.6 Å². The number of unbranched alkanes of at least 4 members (excludes halogenated alkanes) is 1. The lowest BCUT2D eigenvalue weighted by Crippen LogP contribution is -2.18. The van der Waals surface area contributed by atoms with Crippen molar-refractivity contribution < 1.29 is 19.4 Å². The molecule has 0 aliphatic carbocycles. The molecule has 0 spiro atoms. The third kappa shape index (κ3) is 3.80. The van der Waals surface area contributed by atoms with Gasteiger partial charge in [-0.05, 0) is 66.1 Å². The molecule has 34 heavy (non-hydrogen) atoms. The maximum Gasteiger partial charge on any atom is 0.337 e. The van der Waals surface area contributed by atoms with Gasteiger partial charge in [0, 0.05) is 35.1 Å². The number of hydrogen-bond donors (Lipinski definition) is 1. The van der Waals surface area contributed by atoms with Gasteiger partial charge >= 0.3 is 5.97 Å². The number of pyridine rings is 1. The number of fused-ring (bicyclic) bond motifs is 1. The van der Waals surface area contributed by atoms with Gasteiger partial charge in [-0.15, -0.1) is 0 Å². The van der Waals surface area contributed by atoms with Gasteiger partial charge in [-0.1, -0.05) is 43.7 Å². The average molecular weight is 456 g/mol. The van der Waals surface area contributed by atoms with E-state index in [9.17, 15) is 9.90 Å². The molecule has 1 unspecified atom stereocenters. The van der Waals surface area contributed by atoms with Crippen LogP contribution < -0.4 is 4.74 Å². The number of aromatic nitrogens is 1. The van der Waals surface area contributed by atoms with E-state index in [1.165, 1.54) is 5.56 Å². The van der Waals surface area contributed by atoms with Crippen molar-refractivity contribution in [2.24, 2.45) is 0 Å². The molecule has 0 fully saturated rings. The van der Waals surface area contributed by atoms with Crippen LogP contribution in [0.2, 0.25) is 0 Å². The molecule has 174 valence electrons. The normalized spacial score (nSPS) is 13.7. The van der Waals surface area contributed by atoms with Gasteiger partial charge in [0.05, 0.1) is 12.1 Å². The van der Waals surface area contributed by atoms with Crippen molar-refractivity contribution in [2.45, 2.75) is 46.1 Å². The number of nitrogens with zero attached hydrogens (tertiary/aromatic N) is 1. The Balaban J connectivity index is 1.85. The maximum atomic E-state index is 12.5. The van der Waals surface area contributed by atoms with E-state index in [1.54, 1.807) is 0 Å². The molecule has 1 aromatic heterocycles. The van der Waals surface area contributed by atoms with Gasteiger partial charge in [0.1, 0.15) is 5.75 Å². The van der Waals surface area contributed by atoms with E-state index in [0.717, 1.165) is 69.1 Å². The fourth-order valence-electron chi connectivity index (χ4n) is 5.04. The van der Waals surface area contributed by atoms with Crippen LogP contribution in [0.5, 0.6) is 5.75 Å². The summed E-state index contributed by atoms with van der Waals surface area (Å²) in [6.07, 6.45) is 1.54. The average Bonchev–Trinajstić information content (AvgIpc) is 2.82. The minimum absolute atomic E-state index is 0.397. The minimum Gasteiger partial charge on any atom is -0.493 e. The molecule has 1 aliphatic heterocycles. The predicted octanol–water partition coefficient (Wildman–Crippen LogP) is 6.55. The summed E-state index contributed by atoms with van der Waals surface area (Å²) in [7, 11) is 0. The number of rotatable bonds is 7. The molecular weight excluding hydrogens is 426 g/mol. The molecule has 0 radical (unpaired) electrons. The van der Waals surface area contributed by atoms with Gasteiger partial charge in [-0.3, -0.25) is 4.98 Å². The standard InChI is InChI=1S/C29H29NO4/c1-4-5-14-34-28(29(31)32)25-17(2)16-23-22(10-9-18(3)30-23)27(25)21-11-12-24-26-19(13-15-33-24)7-6-8-20(21)26/h6-12,16,28H,4-5,13-15H2,1-3H3,(H,31,32). The molecule has 0 saturated heterocycles. The van der Waals surface area contributed by atoms with Crippen LogP contribution in [0.4, 0.5) is 0 Å². The highest BCUT2D eigenvalue weighted by atomic mass is 16.5. The molecule has 3 aromatic carbocycles. The molecule has 5 heteroatoms. The summed E-state index contributed by atoms with van der Waals surface area (Å²) < 4.78 is 12.0. The molecule has 2 heterocycles. The number of carboxylic acids is 1. The molecule has 1 atom stereocenters. The lowest BCUT2D eigenvalue weighted by molar-refractivity contribution is -0.151. The number of aliphatic carboxylic acids is 1. The number of hydrogen-bond acceptors (Lipinski definition) is 4. The van der Waals surface area contributed by atoms with E-state index in [0.29, 0.717) is 18.8 Å². The van der Waals surface area contributed by atoms with Crippen molar-refractivity contribution >= 4 is 27.6 Å². The molecular formula is C29H29NO4. The maximum absolute atomic E-state index is 12.5. The number of carboxylic acid groups (broad SMARTS) is 1. The van der Waals surface area contributed by atoms with E-state index >= 15 is 0 Å². The van der Waals surface area contributed by atoms with Gasteiger partial charge in [-0.2, -0.15) is 0 Å². The summed E-state index contributed by atoms with van der Waals surface area (Å²) in [5.74, 6) is -0.104. The van der Waals surface area contributed by atoms with Crippen LogP contribution in [-0.2, 0) is 16.0 Å². The summed E-state index contributed by atoms with van der Waals surface area (Å²) in [5, 5.41) is 13.3. The second-order valence-electron chi connectivity index (χ2n) is 8.99. The molecule has 1 N–H and O–H groups in total. The highest BCUT2D eigenvalue weighted by Crippen LogP contribution is 2.44. The van der Waals surface area contributed by atoms with E-state index < -0.39 is 12.1 Å². The smallest absolute Gasteiger partial charge is 0.337 e. The molecule has 5 rings (SSSR count). The summed E-state index contributed by atoms with van der Waals surface area (Å²) in [6, 6.07) is 16.4. The summed E-state index contributed by atoms with van der Waals surface area (Å²) in [6.45, 7) is 7.05. The molecule has 0 bridgehead atoms. The summed E-state index contributed by atoms with van der Waals surface area (Å²) in [4.78, 5) is 17.3. The van der Waals surface area contributed by atoms with E-state index in [2.05, 4.69) is 31.2 Å². The Morgan fingerprint density at radius 3 is 2.79 bits per heavy atom. The predicted molar refractivity (Wildman–Crippen MR) is 135 cm³/mol. The van der Waals surface area contributed by atoms with Crippen LogP contribution in [0, 0.1) is 13.8 Å². The third-order valence-electron chi connectivity index (χ3n) is 6.64.